The SMILES string of the molecule is Cc1ccc(N2C(=O)CC[C@H](C(=O)NCC(F)(F)F)[C@H]2c2cccs2)cc1. The standard InChI is InChI=1S/C19H19F3N2O2S/c1-12-4-6-13(7-5-12)24-16(25)9-8-14(17(24)15-3-2-10-27-15)18(26)23-11-19(20,21)22/h2-7,10,14,17H,8-9,11H2,1H3,(H,23,26)/t14-,17-/m0/s1. The molecule has 2 atom stereocenters. The quantitative estimate of drug-likeness (QED) is 0.841. The van der Waals surface area contributed by atoms with Crippen LogP contribution in [0.5, 0.6) is 0 Å². The van der Waals surface area contributed by atoms with Gasteiger partial charge in [0, 0.05) is 17.0 Å². The molecule has 0 radical (unpaired) electrons. The molecule has 1 fully saturated rings. The Labute approximate surface area is 159 Å². The summed E-state index contributed by atoms with van der Waals surface area (Å²) in [4.78, 5) is 27.6. The number of nitrogens with one attached hydrogen (secondary N) is 1. The third-order valence-electron chi connectivity index (χ3n) is 4.54. The summed E-state index contributed by atoms with van der Waals surface area (Å²) in [5.41, 5.74) is 1.66. The van der Waals surface area contributed by atoms with Gasteiger partial charge in [-0.15, -0.1) is 11.3 Å². The van der Waals surface area contributed by atoms with Crippen molar-refractivity contribution in [2.24, 2.45) is 5.92 Å². The minimum atomic E-state index is -4.48. The molecule has 3 rings (SSSR count). The number of nitrogens with zero attached hydrogens (tertiary/aromatic N) is 1. The third-order valence-corrected chi connectivity index (χ3v) is 5.49. The van der Waals surface area contributed by atoms with Crippen LogP contribution < -0.4 is 10.2 Å². The molecule has 1 aliphatic rings. The van der Waals surface area contributed by atoms with E-state index >= 15 is 0 Å². The number of halogens is 3. The van der Waals surface area contributed by atoms with Gasteiger partial charge in [-0.25, -0.2) is 0 Å². The Kier molecular flexibility index (Phi) is 5.55. The molecule has 1 aliphatic heterocycles. The van der Waals surface area contributed by atoms with Crippen molar-refractivity contribution in [1.29, 1.82) is 0 Å². The topological polar surface area (TPSA) is 49.4 Å². The van der Waals surface area contributed by atoms with Crippen molar-refractivity contribution >= 4 is 28.8 Å². The first kappa shape index (κ1) is 19.4. The lowest BCUT2D eigenvalue weighted by Crippen LogP contribution is -2.49. The predicted octanol–water partition coefficient (Wildman–Crippen LogP) is 4.22. The van der Waals surface area contributed by atoms with Crippen molar-refractivity contribution in [2.75, 3.05) is 11.4 Å². The molecule has 1 saturated heterocycles. The Balaban J connectivity index is 1.95. The smallest absolute Gasteiger partial charge is 0.347 e. The summed E-state index contributed by atoms with van der Waals surface area (Å²) < 4.78 is 37.6. The van der Waals surface area contributed by atoms with Crippen molar-refractivity contribution in [1.82, 2.24) is 5.32 Å². The Morgan fingerprint density at radius 3 is 2.56 bits per heavy atom. The maximum absolute atomic E-state index is 12.7. The van der Waals surface area contributed by atoms with Crippen LogP contribution in [0.3, 0.4) is 0 Å². The second-order valence-electron chi connectivity index (χ2n) is 6.54. The van der Waals surface area contributed by atoms with E-state index in [1.807, 2.05) is 29.8 Å². The molecular formula is C19H19F3N2O2S. The van der Waals surface area contributed by atoms with Crippen molar-refractivity contribution in [3.05, 3.63) is 52.2 Å². The number of piperidine rings is 1. The van der Waals surface area contributed by atoms with Crippen LogP contribution in [0, 0.1) is 12.8 Å². The summed E-state index contributed by atoms with van der Waals surface area (Å²) >= 11 is 1.38. The van der Waals surface area contributed by atoms with Crippen LogP contribution in [-0.4, -0.2) is 24.5 Å². The van der Waals surface area contributed by atoms with E-state index < -0.39 is 30.6 Å². The molecule has 8 heteroatoms. The highest BCUT2D eigenvalue weighted by molar-refractivity contribution is 7.10. The summed E-state index contributed by atoms with van der Waals surface area (Å²) in [6.45, 7) is 0.546. The van der Waals surface area contributed by atoms with Gasteiger partial charge in [-0.2, -0.15) is 13.2 Å². The number of thiophene rings is 1. The molecule has 2 amide bonds. The Morgan fingerprint density at radius 1 is 1.26 bits per heavy atom. The number of hydrogen-bond donors (Lipinski definition) is 1. The molecule has 4 nitrogen and oxygen atoms in total. The highest BCUT2D eigenvalue weighted by atomic mass is 32.1. The molecule has 0 spiro atoms. The molecule has 0 saturated carbocycles. The fraction of sp³-hybridized carbons (Fsp3) is 0.368. The van der Waals surface area contributed by atoms with Gasteiger partial charge in [-0.1, -0.05) is 23.8 Å². The van der Waals surface area contributed by atoms with E-state index in [-0.39, 0.29) is 18.7 Å². The molecule has 2 aromatic rings. The molecule has 0 aliphatic carbocycles. The Morgan fingerprint density at radius 2 is 1.96 bits per heavy atom. The number of benzene rings is 1. The van der Waals surface area contributed by atoms with E-state index in [2.05, 4.69) is 0 Å². The maximum Gasteiger partial charge on any atom is 0.405 e. The average molecular weight is 396 g/mol. The molecule has 1 aromatic heterocycles. The first-order valence-electron chi connectivity index (χ1n) is 8.53. The summed E-state index contributed by atoms with van der Waals surface area (Å²) in [5.74, 6) is -1.57. The van der Waals surface area contributed by atoms with Crippen LogP contribution in [-0.2, 0) is 9.59 Å². The van der Waals surface area contributed by atoms with E-state index in [1.165, 1.54) is 11.3 Å². The van der Waals surface area contributed by atoms with Gasteiger partial charge < -0.3 is 10.2 Å². The maximum atomic E-state index is 12.7. The number of hydrogen-bond acceptors (Lipinski definition) is 3. The predicted molar refractivity (Wildman–Crippen MR) is 97.5 cm³/mol. The van der Waals surface area contributed by atoms with Crippen molar-refractivity contribution in [3.8, 4) is 0 Å². The van der Waals surface area contributed by atoms with Gasteiger partial charge in [-0.05, 0) is 36.9 Å². The van der Waals surface area contributed by atoms with Crippen molar-refractivity contribution in [3.63, 3.8) is 0 Å². The van der Waals surface area contributed by atoms with Crippen LogP contribution >= 0.6 is 11.3 Å². The zero-order valence-corrected chi connectivity index (χ0v) is 15.4. The highest BCUT2D eigenvalue weighted by Gasteiger charge is 2.42. The van der Waals surface area contributed by atoms with Gasteiger partial charge in [-0.3, -0.25) is 9.59 Å². The van der Waals surface area contributed by atoms with Crippen molar-refractivity contribution < 1.29 is 22.8 Å². The molecular weight excluding hydrogens is 377 g/mol. The molecule has 27 heavy (non-hydrogen) atoms. The van der Waals surface area contributed by atoms with Gasteiger partial charge in [0.1, 0.15) is 6.54 Å². The fourth-order valence-corrected chi connectivity index (χ4v) is 4.16. The zero-order valence-electron chi connectivity index (χ0n) is 14.6. The third kappa shape index (κ3) is 4.50. The van der Waals surface area contributed by atoms with Crippen LogP contribution in [0.15, 0.2) is 41.8 Å². The van der Waals surface area contributed by atoms with Crippen LogP contribution in [0.4, 0.5) is 18.9 Å². The summed E-state index contributed by atoms with van der Waals surface area (Å²) in [5, 5.41) is 3.81. The number of rotatable bonds is 4. The number of amides is 2. The van der Waals surface area contributed by atoms with Gasteiger partial charge in [0.25, 0.3) is 0 Å². The number of anilines is 1. The summed E-state index contributed by atoms with van der Waals surface area (Å²) in [6, 6.07) is 10.3. The van der Waals surface area contributed by atoms with E-state index in [9.17, 15) is 22.8 Å². The van der Waals surface area contributed by atoms with E-state index in [0.29, 0.717) is 5.69 Å². The first-order chi connectivity index (χ1) is 12.8. The summed E-state index contributed by atoms with van der Waals surface area (Å²) in [7, 11) is 0. The number of carbonyl (C=O) groups excluding carboxylic acids is 2. The zero-order chi connectivity index (χ0) is 19.6. The number of alkyl halides is 3. The highest BCUT2D eigenvalue weighted by Crippen LogP contribution is 2.41. The van der Waals surface area contributed by atoms with Crippen LogP contribution in [0.25, 0.3) is 0 Å². The molecule has 1 aromatic carbocycles. The van der Waals surface area contributed by atoms with Crippen LogP contribution in [0.2, 0.25) is 0 Å². The fourth-order valence-electron chi connectivity index (χ4n) is 3.28. The lowest BCUT2D eigenvalue weighted by Gasteiger charge is -2.40. The first-order valence-corrected chi connectivity index (χ1v) is 9.41. The van der Waals surface area contributed by atoms with E-state index in [0.717, 1.165) is 10.4 Å². The summed E-state index contributed by atoms with van der Waals surface area (Å²) in [6.07, 6.45) is -4.15. The molecule has 144 valence electrons. The van der Waals surface area contributed by atoms with Crippen molar-refractivity contribution in [2.45, 2.75) is 32.0 Å². The normalized spacial score (nSPS) is 20.6. The largest absolute Gasteiger partial charge is 0.405 e. The van der Waals surface area contributed by atoms with E-state index in [1.54, 1.807) is 29.2 Å². The molecule has 1 N–H and O–H groups in total. The number of aryl methyl sites for hydroxylation is 1. The molecule has 0 bridgehead atoms. The van der Waals surface area contributed by atoms with Gasteiger partial charge in [0.05, 0.1) is 12.0 Å². The molecule has 2 heterocycles. The van der Waals surface area contributed by atoms with Gasteiger partial charge in [0.15, 0.2) is 0 Å². The average Bonchev–Trinajstić information content (AvgIpc) is 3.14. The second-order valence-corrected chi connectivity index (χ2v) is 7.52. The monoisotopic (exact) mass is 396 g/mol. The number of carbonyl (C=O) groups is 2. The Bertz CT molecular complexity index is 803. The van der Waals surface area contributed by atoms with Gasteiger partial charge in [0.2, 0.25) is 11.8 Å². The second kappa shape index (κ2) is 7.72. The minimum Gasteiger partial charge on any atom is -0.347 e. The Hall–Kier alpha value is -2.35. The lowest BCUT2D eigenvalue weighted by atomic mass is 9.86. The van der Waals surface area contributed by atoms with E-state index in [4.69, 9.17) is 0 Å². The minimum absolute atomic E-state index is 0.111. The van der Waals surface area contributed by atoms with Gasteiger partial charge >= 0.3 is 6.18 Å². The van der Waals surface area contributed by atoms with Crippen LogP contribution in [0.1, 0.15) is 29.3 Å². The molecule has 0 unspecified atom stereocenters. The lowest BCUT2D eigenvalue weighted by molar-refractivity contribution is -0.142.